The van der Waals surface area contributed by atoms with Crippen LogP contribution in [0.25, 0.3) is 0 Å². The maximum atomic E-state index is 9.67. The van der Waals surface area contributed by atoms with Gasteiger partial charge in [0.25, 0.3) is 0 Å². The molecule has 1 atom stereocenters. The Morgan fingerprint density at radius 3 is 2.71 bits per heavy atom. The van der Waals surface area contributed by atoms with Crippen molar-refractivity contribution in [1.29, 1.82) is 0 Å². The SMILES string of the molecule is Cc1cccc(CC(CO)Cc2ncnn2CC(C)C)c1. The molecule has 2 rings (SSSR count). The van der Waals surface area contributed by atoms with Crippen LogP contribution in [0, 0.1) is 18.8 Å². The van der Waals surface area contributed by atoms with Crippen molar-refractivity contribution in [3.63, 3.8) is 0 Å². The molecule has 4 heteroatoms. The van der Waals surface area contributed by atoms with Crippen LogP contribution in [-0.2, 0) is 19.4 Å². The monoisotopic (exact) mass is 287 g/mol. The van der Waals surface area contributed by atoms with Gasteiger partial charge in [-0.1, -0.05) is 43.7 Å². The van der Waals surface area contributed by atoms with Gasteiger partial charge in [0.15, 0.2) is 0 Å². The second-order valence-electron chi connectivity index (χ2n) is 6.20. The van der Waals surface area contributed by atoms with E-state index in [0.29, 0.717) is 5.92 Å². The van der Waals surface area contributed by atoms with E-state index in [1.165, 1.54) is 11.1 Å². The Hall–Kier alpha value is -1.68. The number of rotatable bonds is 7. The lowest BCUT2D eigenvalue weighted by atomic mass is 9.95. The zero-order chi connectivity index (χ0) is 15.2. The Labute approximate surface area is 126 Å². The van der Waals surface area contributed by atoms with Crippen LogP contribution in [0.1, 0.15) is 30.8 Å². The number of aliphatic hydroxyl groups excluding tert-OH is 1. The number of aromatic nitrogens is 3. The minimum atomic E-state index is 0.169. The van der Waals surface area contributed by atoms with Crippen molar-refractivity contribution in [3.05, 3.63) is 47.5 Å². The fourth-order valence-corrected chi connectivity index (χ4v) is 2.58. The fourth-order valence-electron chi connectivity index (χ4n) is 2.58. The van der Waals surface area contributed by atoms with Crippen molar-refractivity contribution in [2.45, 2.75) is 40.2 Å². The Morgan fingerprint density at radius 2 is 2.05 bits per heavy atom. The molecule has 4 nitrogen and oxygen atoms in total. The smallest absolute Gasteiger partial charge is 0.138 e. The van der Waals surface area contributed by atoms with Crippen LogP contribution in [0.4, 0.5) is 0 Å². The molecule has 0 bridgehead atoms. The third-order valence-corrected chi connectivity index (χ3v) is 3.57. The molecule has 0 aliphatic carbocycles. The normalized spacial score (nSPS) is 12.8. The molecule has 1 unspecified atom stereocenters. The van der Waals surface area contributed by atoms with Gasteiger partial charge in [-0.3, -0.25) is 0 Å². The van der Waals surface area contributed by atoms with Crippen molar-refractivity contribution in [3.8, 4) is 0 Å². The van der Waals surface area contributed by atoms with Gasteiger partial charge in [-0.15, -0.1) is 0 Å². The number of benzene rings is 1. The summed E-state index contributed by atoms with van der Waals surface area (Å²) in [7, 11) is 0. The molecular formula is C17H25N3O. The van der Waals surface area contributed by atoms with E-state index in [2.05, 4.69) is 55.1 Å². The van der Waals surface area contributed by atoms with Gasteiger partial charge in [0.1, 0.15) is 12.2 Å². The van der Waals surface area contributed by atoms with Crippen molar-refractivity contribution in [2.24, 2.45) is 11.8 Å². The Bertz CT molecular complexity index is 563. The first kappa shape index (κ1) is 15.7. The Kier molecular flexibility index (Phi) is 5.51. The maximum absolute atomic E-state index is 9.67. The van der Waals surface area contributed by atoms with Crippen LogP contribution in [-0.4, -0.2) is 26.5 Å². The molecule has 1 aromatic carbocycles. The van der Waals surface area contributed by atoms with Gasteiger partial charge in [0.2, 0.25) is 0 Å². The molecule has 1 aromatic heterocycles. The van der Waals surface area contributed by atoms with E-state index in [4.69, 9.17) is 0 Å². The Morgan fingerprint density at radius 1 is 1.24 bits per heavy atom. The van der Waals surface area contributed by atoms with E-state index in [9.17, 15) is 5.11 Å². The van der Waals surface area contributed by atoms with Crippen molar-refractivity contribution >= 4 is 0 Å². The topological polar surface area (TPSA) is 50.9 Å². The highest BCUT2D eigenvalue weighted by Crippen LogP contribution is 2.15. The predicted octanol–water partition coefficient (Wildman–Crippen LogP) is 2.64. The minimum Gasteiger partial charge on any atom is -0.396 e. The molecule has 0 fully saturated rings. The van der Waals surface area contributed by atoms with Gasteiger partial charge < -0.3 is 5.11 Å². The van der Waals surface area contributed by atoms with E-state index in [1.54, 1.807) is 6.33 Å². The molecule has 21 heavy (non-hydrogen) atoms. The van der Waals surface area contributed by atoms with Gasteiger partial charge in [0.05, 0.1) is 0 Å². The highest BCUT2D eigenvalue weighted by Gasteiger charge is 2.14. The summed E-state index contributed by atoms with van der Waals surface area (Å²) in [6.07, 6.45) is 3.24. The molecule has 0 spiro atoms. The third-order valence-electron chi connectivity index (χ3n) is 3.57. The first-order valence-electron chi connectivity index (χ1n) is 7.61. The van der Waals surface area contributed by atoms with Crippen LogP contribution in [0.3, 0.4) is 0 Å². The van der Waals surface area contributed by atoms with Gasteiger partial charge in [0, 0.05) is 19.6 Å². The maximum Gasteiger partial charge on any atom is 0.138 e. The molecule has 0 aliphatic rings. The standard InChI is InChI=1S/C17H25N3O/c1-13(2)10-20-17(18-12-19-20)9-16(11-21)8-15-6-4-5-14(3)7-15/h4-7,12-13,16,21H,8-11H2,1-3H3. The summed E-state index contributed by atoms with van der Waals surface area (Å²) < 4.78 is 1.96. The lowest BCUT2D eigenvalue weighted by molar-refractivity contribution is 0.221. The molecule has 1 heterocycles. The number of nitrogens with zero attached hydrogens (tertiary/aromatic N) is 3. The van der Waals surface area contributed by atoms with E-state index >= 15 is 0 Å². The number of hydrogen-bond acceptors (Lipinski definition) is 3. The Balaban J connectivity index is 2.04. The van der Waals surface area contributed by atoms with E-state index < -0.39 is 0 Å². The van der Waals surface area contributed by atoms with Gasteiger partial charge >= 0.3 is 0 Å². The molecule has 0 amide bonds. The molecule has 0 radical (unpaired) electrons. The number of aryl methyl sites for hydroxylation is 1. The zero-order valence-electron chi connectivity index (χ0n) is 13.2. The predicted molar refractivity (Wildman–Crippen MR) is 84.0 cm³/mol. The average Bonchev–Trinajstić information content (AvgIpc) is 2.84. The van der Waals surface area contributed by atoms with Crippen LogP contribution in [0.15, 0.2) is 30.6 Å². The van der Waals surface area contributed by atoms with E-state index in [0.717, 1.165) is 25.2 Å². The lowest BCUT2D eigenvalue weighted by Gasteiger charge is -2.15. The summed E-state index contributed by atoms with van der Waals surface area (Å²) in [5.74, 6) is 1.69. The highest BCUT2D eigenvalue weighted by atomic mass is 16.3. The molecular weight excluding hydrogens is 262 g/mol. The van der Waals surface area contributed by atoms with E-state index in [1.807, 2.05) is 4.68 Å². The minimum absolute atomic E-state index is 0.169. The van der Waals surface area contributed by atoms with Gasteiger partial charge in [-0.25, -0.2) is 9.67 Å². The summed E-state index contributed by atoms with van der Waals surface area (Å²) in [4.78, 5) is 4.36. The molecule has 1 N–H and O–H groups in total. The second-order valence-corrected chi connectivity index (χ2v) is 6.20. The molecule has 0 saturated carbocycles. The van der Waals surface area contributed by atoms with Crippen LogP contribution >= 0.6 is 0 Å². The first-order valence-corrected chi connectivity index (χ1v) is 7.61. The van der Waals surface area contributed by atoms with Crippen molar-refractivity contribution in [1.82, 2.24) is 14.8 Å². The molecule has 0 saturated heterocycles. The van der Waals surface area contributed by atoms with E-state index in [-0.39, 0.29) is 12.5 Å². The molecule has 0 aliphatic heterocycles. The molecule has 2 aromatic rings. The quantitative estimate of drug-likeness (QED) is 0.851. The average molecular weight is 287 g/mol. The summed E-state index contributed by atoms with van der Waals surface area (Å²) in [5.41, 5.74) is 2.52. The highest BCUT2D eigenvalue weighted by molar-refractivity contribution is 5.22. The van der Waals surface area contributed by atoms with Crippen LogP contribution in [0.5, 0.6) is 0 Å². The van der Waals surface area contributed by atoms with Gasteiger partial charge in [-0.2, -0.15) is 5.10 Å². The summed E-state index contributed by atoms with van der Waals surface area (Å²) in [5, 5.41) is 14.0. The summed E-state index contributed by atoms with van der Waals surface area (Å²) in [6.45, 7) is 7.47. The number of aliphatic hydroxyl groups is 1. The zero-order valence-corrected chi connectivity index (χ0v) is 13.2. The molecule has 114 valence electrons. The summed E-state index contributed by atoms with van der Waals surface area (Å²) >= 11 is 0. The van der Waals surface area contributed by atoms with Gasteiger partial charge in [-0.05, 0) is 30.7 Å². The second kappa shape index (κ2) is 7.36. The lowest BCUT2D eigenvalue weighted by Crippen LogP contribution is -2.18. The first-order chi connectivity index (χ1) is 10.1. The van der Waals surface area contributed by atoms with Crippen LogP contribution in [0.2, 0.25) is 0 Å². The van der Waals surface area contributed by atoms with Crippen LogP contribution < -0.4 is 0 Å². The third kappa shape index (κ3) is 4.67. The fraction of sp³-hybridized carbons (Fsp3) is 0.529. The number of hydrogen-bond donors (Lipinski definition) is 1. The van der Waals surface area contributed by atoms with Crippen molar-refractivity contribution in [2.75, 3.05) is 6.61 Å². The summed E-state index contributed by atoms with van der Waals surface area (Å²) in [6, 6.07) is 8.47. The van der Waals surface area contributed by atoms with Crippen molar-refractivity contribution < 1.29 is 5.11 Å². The largest absolute Gasteiger partial charge is 0.396 e.